The van der Waals surface area contributed by atoms with Crippen LogP contribution in [-0.4, -0.2) is 69.8 Å². The number of hydrogen-bond donors (Lipinski definition) is 1. The second kappa shape index (κ2) is 14.0. The maximum atomic E-state index is 13.8. The normalized spacial score (nSPS) is 15.2. The molecular formula is C27H36N6O10S. The zero-order valence-electron chi connectivity index (χ0n) is 24.8. The van der Waals surface area contributed by atoms with Crippen molar-refractivity contribution in [3.8, 4) is 17.1 Å². The Morgan fingerprint density at radius 1 is 1.11 bits per heavy atom. The van der Waals surface area contributed by atoms with Crippen LogP contribution in [-0.2, 0) is 32.7 Å². The van der Waals surface area contributed by atoms with E-state index in [9.17, 15) is 33.4 Å². The fourth-order valence-corrected chi connectivity index (χ4v) is 6.92. The molecule has 240 valence electrons. The summed E-state index contributed by atoms with van der Waals surface area (Å²) in [4.78, 5) is 51.3. The smallest absolute Gasteiger partial charge is 0.294 e. The highest BCUT2D eigenvalue weighted by Gasteiger charge is 2.35. The molecule has 1 atom stereocenters. The standard InChI is InChI=1S/C27H36N6O10S/c1-4-7-19-16-30(6-3)25-24(19)28-26(29-27(25)34)21-15-20(8-9-22(21)41-14-5-2)44(39,40)31-12-10-18(11-13-31)23(43-33(37)38)17-42-32(35)36/h8-9,15-16,18,23H,4-7,10-14,17H2,1-3H3,(H,28,29,34)/t23-/m0/s1. The molecule has 4 rings (SSSR count). The molecule has 0 radical (unpaired) electrons. The number of aromatic nitrogens is 3. The van der Waals surface area contributed by atoms with Crippen molar-refractivity contribution in [1.82, 2.24) is 18.8 Å². The van der Waals surface area contributed by atoms with Crippen LogP contribution in [0.5, 0.6) is 5.75 Å². The summed E-state index contributed by atoms with van der Waals surface area (Å²) in [6.45, 7) is 6.20. The van der Waals surface area contributed by atoms with Gasteiger partial charge < -0.3 is 24.0 Å². The predicted molar refractivity (Wildman–Crippen MR) is 158 cm³/mol. The number of aromatic amines is 1. The summed E-state index contributed by atoms with van der Waals surface area (Å²) >= 11 is 0. The number of ether oxygens (including phenoxy) is 1. The van der Waals surface area contributed by atoms with Gasteiger partial charge in [0.1, 0.15) is 29.8 Å². The van der Waals surface area contributed by atoms with Crippen LogP contribution < -0.4 is 10.3 Å². The lowest BCUT2D eigenvalue weighted by molar-refractivity contribution is -0.791. The maximum absolute atomic E-state index is 13.8. The molecule has 3 aromatic rings. The molecule has 1 fully saturated rings. The van der Waals surface area contributed by atoms with Crippen molar-refractivity contribution in [2.75, 3.05) is 26.3 Å². The second-order valence-corrected chi connectivity index (χ2v) is 12.4. The van der Waals surface area contributed by atoms with Crippen LogP contribution in [0.15, 0.2) is 34.1 Å². The minimum absolute atomic E-state index is 0.00158. The van der Waals surface area contributed by atoms with Gasteiger partial charge in [0.15, 0.2) is 0 Å². The predicted octanol–water partition coefficient (Wildman–Crippen LogP) is 3.34. The van der Waals surface area contributed by atoms with Crippen molar-refractivity contribution >= 4 is 21.1 Å². The third kappa shape index (κ3) is 7.10. The molecular weight excluding hydrogens is 600 g/mol. The molecule has 16 nitrogen and oxygen atoms in total. The Hall–Kier alpha value is -4.25. The number of fused-ring (bicyclic) bond motifs is 1. The van der Waals surface area contributed by atoms with Gasteiger partial charge in [-0.15, -0.1) is 20.2 Å². The topological polar surface area (TPSA) is 202 Å². The Morgan fingerprint density at radius 3 is 2.45 bits per heavy atom. The Bertz CT molecular complexity index is 1660. The number of rotatable bonds is 15. The SMILES string of the molecule is CCCOc1ccc(S(=O)(=O)N2CCC([C@H](CO[N+](=O)[O-])O[N+](=O)[O-])CC2)cc1-c1nc2c(CCC)cn(CC)c2c(=O)[nH]1. The van der Waals surface area contributed by atoms with Gasteiger partial charge in [-0.25, -0.2) is 13.4 Å². The van der Waals surface area contributed by atoms with Crippen LogP contribution in [0.2, 0.25) is 0 Å². The molecule has 1 saturated heterocycles. The summed E-state index contributed by atoms with van der Waals surface area (Å²) in [6.07, 6.45) is 3.28. The van der Waals surface area contributed by atoms with Crippen LogP contribution in [0.25, 0.3) is 22.4 Å². The molecule has 2 aromatic heterocycles. The van der Waals surface area contributed by atoms with E-state index in [2.05, 4.69) is 14.7 Å². The minimum Gasteiger partial charge on any atom is -0.493 e. The average molecular weight is 637 g/mol. The summed E-state index contributed by atoms with van der Waals surface area (Å²) in [5.74, 6) is 0.00610. The molecule has 0 bridgehead atoms. The summed E-state index contributed by atoms with van der Waals surface area (Å²) < 4.78 is 36.5. The fraction of sp³-hybridized carbons (Fsp3) is 0.556. The first kappa shape index (κ1) is 32.7. The second-order valence-electron chi connectivity index (χ2n) is 10.4. The van der Waals surface area contributed by atoms with Gasteiger partial charge in [-0.05, 0) is 62.3 Å². The Balaban J connectivity index is 1.67. The van der Waals surface area contributed by atoms with Crippen LogP contribution >= 0.6 is 0 Å². The third-order valence-corrected chi connectivity index (χ3v) is 9.45. The third-order valence-electron chi connectivity index (χ3n) is 7.55. The van der Waals surface area contributed by atoms with Crippen molar-refractivity contribution in [2.24, 2.45) is 5.92 Å². The van der Waals surface area contributed by atoms with E-state index < -0.39 is 38.8 Å². The molecule has 0 amide bonds. The number of nitrogens with one attached hydrogen (secondary N) is 1. The maximum Gasteiger partial charge on any atom is 0.294 e. The number of hydrogen-bond acceptors (Lipinski definition) is 11. The number of piperidine rings is 1. The molecule has 0 saturated carbocycles. The van der Waals surface area contributed by atoms with Gasteiger partial charge in [-0.3, -0.25) is 4.79 Å². The van der Waals surface area contributed by atoms with Crippen molar-refractivity contribution in [1.29, 1.82) is 0 Å². The van der Waals surface area contributed by atoms with Crippen molar-refractivity contribution in [3.63, 3.8) is 0 Å². The van der Waals surface area contributed by atoms with Crippen molar-refractivity contribution < 1.29 is 33.0 Å². The van der Waals surface area contributed by atoms with E-state index >= 15 is 0 Å². The van der Waals surface area contributed by atoms with Gasteiger partial charge in [0.2, 0.25) is 10.0 Å². The molecule has 1 aliphatic heterocycles. The molecule has 3 heterocycles. The fourth-order valence-electron chi connectivity index (χ4n) is 5.43. The number of H-pyrrole nitrogens is 1. The quantitative estimate of drug-likeness (QED) is 0.189. The largest absolute Gasteiger partial charge is 0.493 e. The number of nitrogens with zero attached hydrogens (tertiary/aromatic N) is 5. The van der Waals surface area contributed by atoms with Crippen LogP contribution in [0, 0.1) is 26.1 Å². The number of sulfonamides is 1. The molecule has 1 aromatic carbocycles. The summed E-state index contributed by atoms with van der Waals surface area (Å²) in [5, 5.41) is 19.4. The first-order valence-electron chi connectivity index (χ1n) is 14.5. The summed E-state index contributed by atoms with van der Waals surface area (Å²) in [7, 11) is -4.06. The zero-order chi connectivity index (χ0) is 32.0. The molecule has 0 unspecified atom stereocenters. The van der Waals surface area contributed by atoms with E-state index in [0.717, 1.165) is 12.0 Å². The highest BCUT2D eigenvalue weighted by Crippen LogP contribution is 2.34. The van der Waals surface area contributed by atoms with Crippen LogP contribution in [0.3, 0.4) is 0 Å². The highest BCUT2D eigenvalue weighted by molar-refractivity contribution is 7.89. The zero-order valence-corrected chi connectivity index (χ0v) is 25.6. The number of aryl methyl sites for hydroxylation is 2. The van der Waals surface area contributed by atoms with Gasteiger partial charge in [0.05, 0.1) is 22.6 Å². The molecule has 1 aliphatic rings. The van der Waals surface area contributed by atoms with E-state index in [1.807, 2.05) is 31.5 Å². The van der Waals surface area contributed by atoms with E-state index in [1.165, 1.54) is 22.5 Å². The van der Waals surface area contributed by atoms with Gasteiger partial charge in [-0.1, -0.05) is 20.3 Å². The Labute approximate surface area is 253 Å². The molecule has 44 heavy (non-hydrogen) atoms. The monoisotopic (exact) mass is 636 g/mol. The first-order chi connectivity index (χ1) is 21.0. The Morgan fingerprint density at radius 2 is 1.84 bits per heavy atom. The van der Waals surface area contributed by atoms with Crippen molar-refractivity contribution in [2.45, 2.75) is 70.4 Å². The lowest BCUT2D eigenvalue weighted by atomic mass is 9.92. The van der Waals surface area contributed by atoms with Gasteiger partial charge >= 0.3 is 0 Å². The highest BCUT2D eigenvalue weighted by atomic mass is 32.2. The Kier molecular flexibility index (Phi) is 10.4. The average Bonchev–Trinajstić information content (AvgIpc) is 3.36. The van der Waals surface area contributed by atoms with Crippen LogP contribution in [0.4, 0.5) is 0 Å². The van der Waals surface area contributed by atoms with Gasteiger partial charge in [0, 0.05) is 25.8 Å². The molecule has 0 aliphatic carbocycles. The summed E-state index contributed by atoms with van der Waals surface area (Å²) in [5.41, 5.74) is 1.89. The lowest BCUT2D eigenvalue weighted by Crippen LogP contribution is -2.43. The van der Waals surface area contributed by atoms with E-state index in [-0.39, 0.29) is 42.2 Å². The summed E-state index contributed by atoms with van der Waals surface area (Å²) in [6, 6.07) is 4.39. The van der Waals surface area contributed by atoms with Gasteiger partial charge in [-0.2, -0.15) is 4.31 Å². The minimum atomic E-state index is -4.06. The van der Waals surface area contributed by atoms with E-state index in [1.54, 1.807) is 0 Å². The van der Waals surface area contributed by atoms with Crippen LogP contribution in [0.1, 0.15) is 52.0 Å². The molecule has 1 N–H and O–H groups in total. The van der Waals surface area contributed by atoms with E-state index in [4.69, 9.17) is 9.72 Å². The lowest BCUT2D eigenvalue weighted by Gasteiger charge is -2.34. The van der Waals surface area contributed by atoms with Crippen molar-refractivity contribution in [3.05, 3.63) is 60.5 Å². The number of benzene rings is 1. The first-order valence-corrected chi connectivity index (χ1v) is 15.9. The van der Waals surface area contributed by atoms with Gasteiger partial charge in [0.25, 0.3) is 15.7 Å². The van der Waals surface area contributed by atoms with E-state index in [0.29, 0.717) is 48.3 Å². The molecule has 17 heteroatoms. The molecule has 0 spiro atoms.